The first-order chi connectivity index (χ1) is 8.87. The van der Waals surface area contributed by atoms with E-state index in [9.17, 15) is 9.59 Å². The third-order valence-electron chi connectivity index (χ3n) is 2.51. The van der Waals surface area contributed by atoms with E-state index >= 15 is 0 Å². The first-order valence-electron chi connectivity index (χ1n) is 6.11. The quantitative estimate of drug-likeness (QED) is 0.781. The van der Waals surface area contributed by atoms with Crippen LogP contribution in [0.2, 0.25) is 0 Å². The summed E-state index contributed by atoms with van der Waals surface area (Å²) in [6.07, 6.45) is 5.04. The van der Waals surface area contributed by atoms with E-state index in [-0.39, 0.29) is 17.9 Å². The van der Waals surface area contributed by atoms with E-state index in [4.69, 9.17) is 4.74 Å². The molecule has 0 aromatic carbocycles. The van der Waals surface area contributed by atoms with E-state index in [1.807, 2.05) is 20.8 Å². The molecule has 2 aromatic rings. The second-order valence-corrected chi connectivity index (χ2v) is 5.29. The summed E-state index contributed by atoms with van der Waals surface area (Å²) in [7, 11) is 0. The van der Waals surface area contributed by atoms with Crippen LogP contribution in [0, 0.1) is 0 Å². The van der Waals surface area contributed by atoms with Gasteiger partial charge in [0.25, 0.3) is 5.56 Å². The van der Waals surface area contributed by atoms with Crippen LogP contribution in [0.25, 0.3) is 5.52 Å². The summed E-state index contributed by atoms with van der Waals surface area (Å²) < 4.78 is 8.19. The normalized spacial score (nSPS) is 11.7. The van der Waals surface area contributed by atoms with E-state index in [2.05, 4.69) is 5.10 Å². The van der Waals surface area contributed by atoms with Crippen molar-refractivity contribution in [3.63, 3.8) is 0 Å². The minimum atomic E-state index is -0.503. The molecular weight excluding hydrogens is 246 g/mol. The van der Waals surface area contributed by atoms with Gasteiger partial charge in [-0.25, -0.2) is 4.52 Å². The minimum absolute atomic E-state index is 0.163. The highest BCUT2D eigenvalue weighted by atomic mass is 16.6. The van der Waals surface area contributed by atoms with Crippen LogP contribution in [-0.4, -0.2) is 25.8 Å². The molecule has 19 heavy (non-hydrogen) atoms. The van der Waals surface area contributed by atoms with Gasteiger partial charge in [-0.05, 0) is 26.8 Å². The molecule has 0 aliphatic carbocycles. The topological polar surface area (TPSA) is 65.6 Å². The van der Waals surface area contributed by atoms with E-state index in [1.165, 1.54) is 9.08 Å². The number of hydrogen-bond acceptors (Lipinski definition) is 4. The summed E-state index contributed by atoms with van der Waals surface area (Å²) >= 11 is 0. The highest BCUT2D eigenvalue weighted by molar-refractivity contribution is 5.69. The second kappa shape index (κ2) is 4.87. The molecule has 0 N–H and O–H groups in total. The molecule has 2 heterocycles. The van der Waals surface area contributed by atoms with Crippen LogP contribution in [0.15, 0.2) is 29.5 Å². The largest absolute Gasteiger partial charge is 0.460 e. The Hall–Kier alpha value is -2.11. The van der Waals surface area contributed by atoms with Crippen molar-refractivity contribution in [2.75, 3.05) is 0 Å². The Kier molecular flexibility index (Phi) is 3.42. The lowest BCUT2D eigenvalue weighted by Gasteiger charge is -2.19. The molecule has 2 rings (SSSR count). The zero-order valence-corrected chi connectivity index (χ0v) is 11.3. The van der Waals surface area contributed by atoms with Crippen molar-refractivity contribution in [2.45, 2.75) is 39.3 Å². The summed E-state index contributed by atoms with van der Waals surface area (Å²) in [6, 6.07) is 1.65. The number of rotatable bonds is 3. The van der Waals surface area contributed by atoms with Crippen LogP contribution in [0.1, 0.15) is 27.2 Å². The average molecular weight is 263 g/mol. The maximum atomic E-state index is 12.0. The maximum absolute atomic E-state index is 12.0. The standard InChI is InChI=1S/C13H17N3O3/c1-13(2,3)19-11(17)5-7-15-8-9-16-10(12(15)18)4-6-14-16/h4,6,8-9H,5,7H2,1-3H3. The lowest BCUT2D eigenvalue weighted by molar-refractivity contribution is -0.155. The van der Waals surface area contributed by atoms with Crippen LogP contribution in [0.4, 0.5) is 0 Å². The lowest BCUT2D eigenvalue weighted by Crippen LogP contribution is -2.27. The van der Waals surface area contributed by atoms with Gasteiger partial charge in [-0.15, -0.1) is 0 Å². The second-order valence-electron chi connectivity index (χ2n) is 5.29. The van der Waals surface area contributed by atoms with Crippen LogP contribution in [0.3, 0.4) is 0 Å². The van der Waals surface area contributed by atoms with Gasteiger partial charge >= 0.3 is 5.97 Å². The number of aryl methyl sites for hydroxylation is 1. The van der Waals surface area contributed by atoms with Gasteiger partial charge in [0.1, 0.15) is 11.1 Å². The molecule has 0 saturated carbocycles. The van der Waals surface area contributed by atoms with Gasteiger partial charge in [0.05, 0.1) is 12.6 Å². The first kappa shape index (κ1) is 13.3. The number of ether oxygens (including phenoxy) is 1. The van der Waals surface area contributed by atoms with E-state index in [0.29, 0.717) is 12.1 Å². The number of esters is 1. The fourth-order valence-electron chi connectivity index (χ4n) is 1.74. The van der Waals surface area contributed by atoms with E-state index in [1.54, 1.807) is 24.7 Å². The Morgan fingerprint density at radius 2 is 2.11 bits per heavy atom. The Morgan fingerprint density at radius 1 is 1.37 bits per heavy atom. The van der Waals surface area contributed by atoms with E-state index in [0.717, 1.165) is 0 Å². The van der Waals surface area contributed by atoms with Gasteiger partial charge in [-0.1, -0.05) is 0 Å². The van der Waals surface area contributed by atoms with Gasteiger partial charge in [0.2, 0.25) is 0 Å². The van der Waals surface area contributed by atoms with Crippen molar-refractivity contribution in [3.05, 3.63) is 35.0 Å². The Bertz CT molecular complexity index is 649. The molecule has 0 radical (unpaired) electrons. The highest BCUT2D eigenvalue weighted by Crippen LogP contribution is 2.08. The van der Waals surface area contributed by atoms with Crippen molar-refractivity contribution in [1.29, 1.82) is 0 Å². The molecule has 0 aliphatic rings. The molecule has 0 spiro atoms. The van der Waals surface area contributed by atoms with Crippen LogP contribution in [-0.2, 0) is 16.1 Å². The van der Waals surface area contributed by atoms with Gasteiger partial charge in [0.15, 0.2) is 0 Å². The average Bonchev–Trinajstić information content (AvgIpc) is 2.74. The van der Waals surface area contributed by atoms with Crippen molar-refractivity contribution in [2.24, 2.45) is 0 Å². The molecule has 0 saturated heterocycles. The Labute approximate surface area is 110 Å². The smallest absolute Gasteiger partial charge is 0.308 e. The minimum Gasteiger partial charge on any atom is -0.460 e. The maximum Gasteiger partial charge on any atom is 0.308 e. The van der Waals surface area contributed by atoms with Gasteiger partial charge in [-0.3, -0.25) is 9.59 Å². The van der Waals surface area contributed by atoms with Gasteiger partial charge in [0, 0.05) is 18.9 Å². The molecular formula is C13H17N3O3. The number of nitrogens with zero attached hydrogens (tertiary/aromatic N) is 3. The van der Waals surface area contributed by atoms with Gasteiger partial charge in [-0.2, -0.15) is 5.10 Å². The molecule has 6 nitrogen and oxygen atoms in total. The Balaban J connectivity index is 2.08. The van der Waals surface area contributed by atoms with Crippen LogP contribution >= 0.6 is 0 Å². The highest BCUT2D eigenvalue weighted by Gasteiger charge is 2.16. The molecule has 0 unspecified atom stereocenters. The van der Waals surface area contributed by atoms with Crippen LogP contribution < -0.4 is 5.56 Å². The summed E-state index contributed by atoms with van der Waals surface area (Å²) in [5.74, 6) is -0.312. The predicted molar refractivity (Wildman–Crippen MR) is 69.9 cm³/mol. The molecule has 0 aliphatic heterocycles. The summed E-state index contributed by atoms with van der Waals surface area (Å²) in [5.41, 5.74) is -0.174. The molecule has 102 valence electrons. The number of fused-ring (bicyclic) bond motifs is 1. The molecule has 0 amide bonds. The van der Waals surface area contributed by atoms with Crippen LogP contribution in [0.5, 0.6) is 0 Å². The monoisotopic (exact) mass is 263 g/mol. The fraction of sp³-hybridized carbons (Fsp3) is 0.462. The molecule has 0 fully saturated rings. The number of carbonyl (C=O) groups excluding carboxylic acids is 1. The first-order valence-corrected chi connectivity index (χ1v) is 6.11. The van der Waals surface area contributed by atoms with E-state index < -0.39 is 5.60 Å². The third kappa shape index (κ3) is 3.21. The zero-order chi connectivity index (χ0) is 14.0. The summed E-state index contributed by atoms with van der Waals surface area (Å²) in [4.78, 5) is 23.6. The van der Waals surface area contributed by atoms with Crippen molar-refractivity contribution < 1.29 is 9.53 Å². The fourth-order valence-corrected chi connectivity index (χ4v) is 1.74. The number of carbonyl (C=O) groups is 1. The zero-order valence-electron chi connectivity index (χ0n) is 11.3. The molecule has 0 bridgehead atoms. The Morgan fingerprint density at radius 3 is 2.79 bits per heavy atom. The molecule has 6 heteroatoms. The molecule has 0 atom stereocenters. The third-order valence-corrected chi connectivity index (χ3v) is 2.51. The molecule has 2 aromatic heterocycles. The number of aromatic nitrogens is 3. The van der Waals surface area contributed by atoms with Crippen molar-refractivity contribution in [3.8, 4) is 0 Å². The number of hydrogen-bond donors (Lipinski definition) is 0. The summed E-state index contributed by atoms with van der Waals surface area (Å²) in [5, 5.41) is 3.98. The SMILES string of the molecule is CC(C)(C)OC(=O)CCn1ccn2nccc2c1=O. The van der Waals surface area contributed by atoms with Gasteiger partial charge < -0.3 is 9.30 Å². The summed E-state index contributed by atoms with van der Waals surface area (Å²) in [6.45, 7) is 5.75. The van der Waals surface area contributed by atoms with Crippen molar-refractivity contribution in [1.82, 2.24) is 14.2 Å². The predicted octanol–water partition coefficient (Wildman–Crippen LogP) is 1.23. The van der Waals surface area contributed by atoms with Crippen molar-refractivity contribution >= 4 is 11.5 Å². The lowest BCUT2D eigenvalue weighted by atomic mass is 10.2.